The summed E-state index contributed by atoms with van der Waals surface area (Å²) < 4.78 is 0. The molecule has 124 valence electrons. The van der Waals surface area contributed by atoms with Gasteiger partial charge in [0.15, 0.2) is 0 Å². The number of benzene rings is 2. The fourth-order valence-corrected chi connectivity index (χ4v) is 2.68. The van der Waals surface area contributed by atoms with Crippen LogP contribution in [0.15, 0.2) is 42.5 Å². The smallest absolute Gasteiger partial charge is 0.225 e. The van der Waals surface area contributed by atoms with Gasteiger partial charge >= 0.3 is 0 Å². The summed E-state index contributed by atoms with van der Waals surface area (Å²) in [6.45, 7) is 1.19. The monoisotopic (exact) mass is 361 g/mol. The second-order valence-corrected chi connectivity index (χ2v) is 6.27. The van der Waals surface area contributed by atoms with E-state index in [9.17, 15) is 4.79 Å². The molecule has 24 heavy (non-hydrogen) atoms. The van der Waals surface area contributed by atoms with Crippen LogP contribution in [0.5, 0.6) is 0 Å². The van der Waals surface area contributed by atoms with Gasteiger partial charge in [0.2, 0.25) is 5.91 Å². The Kier molecular flexibility index (Phi) is 6.62. The maximum Gasteiger partial charge on any atom is 0.225 e. The quantitative estimate of drug-likeness (QED) is 0.832. The molecule has 0 atom stereocenters. The molecule has 4 nitrogen and oxygen atoms in total. The summed E-state index contributed by atoms with van der Waals surface area (Å²) in [7, 11) is 1.92. The van der Waals surface area contributed by atoms with Crippen molar-refractivity contribution < 1.29 is 4.79 Å². The van der Waals surface area contributed by atoms with Gasteiger partial charge in [-0.05, 0) is 36.9 Å². The highest BCUT2D eigenvalue weighted by molar-refractivity contribution is 6.35. The van der Waals surface area contributed by atoms with Crippen LogP contribution in [-0.4, -0.2) is 24.4 Å². The van der Waals surface area contributed by atoms with E-state index in [-0.39, 0.29) is 5.91 Å². The Morgan fingerprint density at radius 2 is 2.00 bits per heavy atom. The van der Waals surface area contributed by atoms with Gasteiger partial charge in [-0.2, -0.15) is 5.26 Å². The third-order valence-corrected chi connectivity index (χ3v) is 4.08. The van der Waals surface area contributed by atoms with Gasteiger partial charge in [0.1, 0.15) is 6.07 Å². The summed E-state index contributed by atoms with van der Waals surface area (Å²) in [5, 5.41) is 13.0. The number of carbonyl (C=O) groups excluding carboxylic acids is 1. The number of nitriles is 1. The summed E-state index contributed by atoms with van der Waals surface area (Å²) in [5.74, 6) is -0.133. The molecule has 1 amide bonds. The van der Waals surface area contributed by atoms with Gasteiger partial charge in [0.05, 0.1) is 11.3 Å². The second-order valence-electron chi connectivity index (χ2n) is 5.43. The Bertz CT molecular complexity index is 771. The van der Waals surface area contributed by atoms with Crippen molar-refractivity contribution >= 4 is 34.8 Å². The van der Waals surface area contributed by atoms with Crippen LogP contribution >= 0.6 is 23.2 Å². The highest BCUT2D eigenvalue weighted by Gasteiger charge is 2.09. The number of hydrogen-bond donors (Lipinski definition) is 1. The molecule has 0 aromatic heterocycles. The summed E-state index contributed by atoms with van der Waals surface area (Å²) in [5.41, 5.74) is 1.94. The van der Waals surface area contributed by atoms with Gasteiger partial charge in [-0.1, -0.05) is 41.4 Å². The summed E-state index contributed by atoms with van der Waals surface area (Å²) in [4.78, 5) is 14.1. The van der Waals surface area contributed by atoms with Gasteiger partial charge in [-0.3, -0.25) is 4.79 Å². The molecule has 1 N–H and O–H groups in total. The zero-order valence-electron chi connectivity index (χ0n) is 13.2. The van der Waals surface area contributed by atoms with Crippen molar-refractivity contribution in [3.63, 3.8) is 0 Å². The summed E-state index contributed by atoms with van der Waals surface area (Å²) in [6.07, 6.45) is 0.321. The van der Waals surface area contributed by atoms with Crippen LogP contribution < -0.4 is 5.32 Å². The molecule has 6 heteroatoms. The Balaban J connectivity index is 1.86. The van der Waals surface area contributed by atoms with Crippen molar-refractivity contribution in [2.75, 3.05) is 18.9 Å². The van der Waals surface area contributed by atoms with Gasteiger partial charge < -0.3 is 10.2 Å². The highest BCUT2D eigenvalue weighted by Crippen LogP contribution is 2.22. The average molecular weight is 362 g/mol. The molecule has 0 spiro atoms. The number of nitrogens with one attached hydrogen (secondary N) is 1. The van der Waals surface area contributed by atoms with E-state index < -0.39 is 0 Å². The number of nitrogens with zero attached hydrogens (tertiary/aromatic N) is 2. The molecule has 0 fully saturated rings. The Morgan fingerprint density at radius 3 is 2.71 bits per heavy atom. The molecular formula is C18H17Cl2N3O. The van der Waals surface area contributed by atoms with E-state index >= 15 is 0 Å². The Hall–Kier alpha value is -2.06. The minimum atomic E-state index is -0.133. The number of carbonyl (C=O) groups is 1. The zero-order chi connectivity index (χ0) is 17.5. The van der Waals surface area contributed by atoms with Crippen molar-refractivity contribution in [1.82, 2.24) is 4.90 Å². The standard InChI is InChI=1S/C18H17Cl2N3O/c1-23(12-14-6-7-15(19)10-16(14)20)9-8-18(24)22-17-5-3-2-4-13(17)11-21/h2-7,10H,8-9,12H2,1H3,(H,22,24). The fraction of sp³-hybridized carbons (Fsp3) is 0.222. The number of rotatable bonds is 6. The predicted molar refractivity (Wildman–Crippen MR) is 97.2 cm³/mol. The molecule has 0 bridgehead atoms. The van der Waals surface area contributed by atoms with E-state index in [0.29, 0.717) is 40.8 Å². The lowest BCUT2D eigenvalue weighted by Crippen LogP contribution is -2.24. The van der Waals surface area contributed by atoms with E-state index in [4.69, 9.17) is 28.5 Å². The first kappa shape index (κ1) is 18.3. The highest BCUT2D eigenvalue weighted by atomic mass is 35.5. The minimum Gasteiger partial charge on any atom is -0.325 e. The van der Waals surface area contributed by atoms with E-state index in [0.717, 1.165) is 5.56 Å². The topological polar surface area (TPSA) is 56.1 Å². The van der Waals surface area contributed by atoms with Crippen LogP contribution in [0.2, 0.25) is 10.0 Å². The van der Waals surface area contributed by atoms with Crippen molar-refractivity contribution in [3.8, 4) is 6.07 Å². The third kappa shape index (κ3) is 5.24. The minimum absolute atomic E-state index is 0.133. The Morgan fingerprint density at radius 1 is 1.25 bits per heavy atom. The molecule has 0 aliphatic heterocycles. The van der Waals surface area contributed by atoms with E-state index in [1.165, 1.54) is 0 Å². The molecule has 0 saturated carbocycles. The lowest BCUT2D eigenvalue weighted by atomic mass is 10.2. The second kappa shape index (κ2) is 8.70. The number of amides is 1. The van der Waals surface area contributed by atoms with E-state index in [2.05, 4.69) is 11.4 Å². The summed E-state index contributed by atoms with van der Waals surface area (Å²) >= 11 is 12.0. The third-order valence-electron chi connectivity index (χ3n) is 3.50. The van der Waals surface area contributed by atoms with Crippen molar-refractivity contribution in [2.45, 2.75) is 13.0 Å². The largest absolute Gasteiger partial charge is 0.325 e. The van der Waals surface area contributed by atoms with Crippen LogP contribution in [-0.2, 0) is 11.3 Å². The van der Waals surface area contributed by atoms with Crippen LogP contribution in [0.25, 0.3) is 0 Å². The van der Waals surface area contributed by atoms with Crippen molar-refractivity contribution in [3.05, 3.63) is 63.6 Å². The maximum absolute atomic E-state index is 12.1. The number of para-hydroxylation sites is 1. The number of hydrogen-bond acceptors (Lipinski definition) is 3. The van der Waals surface area contributed by atoms with Gasteiger partial charge in [0, 0.05) is 29.6 Å². The molecular weight excluding hydrogens is 345 g/mol. The van der Waals surface area contributed by atoms with Gasteiger partial charge in [0.25, 0.3) is 0 Å². The predicted octanol–water partition coefficient (Wildman–Crippen LogP) is 4.33. The Labute approximate surface area is 151 Å². The molecule has 0 aliphatic rings. The molecule has 2 aromatic carbocycles. The number of anilines is 1. The first-order chi connectivity index (χ1) is 11.5. The summed E-state index contributed by atoms with van der Waals surface area (Å²) in [6, 6.07) is 14.4. The molecule has 0 unspecified atom stereocenters. The van der Waals surface area contributed by atoms with Gasteiger partial charge in [-0.25, -0.2) is 0 Å². The van der Waals surface area contributed by atoms with Crippen LogP contribution in [0.3, 0.4) is 0 Å². The van der Waals surface area contributed by atoms with Crippen LogP contribution in [0.4, 0.5) is 5.69 Å². The first-order valence-corrected chi connectivity index (χ1v) is 8.16. The molecule has 0 heterocycles. The normalized spacial score (nSPS) is 10.5. The molecule has 2 aromatic rings. The van der Waals surface area contributed by atoms with E-state index in [1.54, 1.807) is 36.4 Å². The van der Waals surface area contributed by atoms with Crippen LogP contribution in [0, 0.1) is 11.3 Å². The van der Waals surface area contributed by atoms with Crippen molar-refractivity contribution in [1.29, 1.82) is 5.26 Å². The number of halogens is 2. The lowest BCUT2D eigenvalue weighted by molar-refractivity contribution is -0.116. The van der Waals surface area contributed by atoms with E-state index in [1.807, 2.05) is 18.0 Å². The molecule has 0 radical (unpaired) electrons. The molecule has 0 aliphatic carbocycles. The fourth-order valence-electron chi connectivity index (χ4n) is 2.21. The molecule has 0 saturated heterocycles. The first-order valence-electron chi connectivity index (χ1n) is 7.41. The SMILES string of the molecule is CN(CCC(=O)Nc1ccccc1C#N)Cc1ccc(Cl)cc1Cl. The maximum atomic E-state index is 12.1. The molecule has 2 rings (SSSR count). The van der Waals surface area contributed by atoms with Gasteiger partial charge in [-0.15, -0.1) is 0 Å². The lowest BCUT2D eigenvalue weighted by Gasteiger charge is -2.17. The average Bonchev–Trinajstić information content (AvgIpc) is 2.56. The van der Waals surface area contributed by atoms with Crippen molar-refractivity contribution in [2.24, 2.45) is 0 Å². The zero-order valence-corrected chi connectivity index (χ0v) is 14.7. The van der Waals surface area contributed by atoms with Crippen LogP contribution in [0.1, 0.15) is 17.5 Å².